The van der Waals surface area contributed by atoms with Gasteiger partial charge in [-0.25, -0.2) is 0 Å². The predicted molar refractivity (Wildman–Crippen MR) is 78.3 cm³/mol. The fourth-order valence-electron chi connectivity index (χ4n) is 3.23. The van der Waals surface area contributed by atoms with E-state index < -0.39 is 0 Å². The Morgan fingerprint density at radius 2 is 1.68 bits per heavy atom. The highest BCUT2D eigenvalue weighted by molar-refractivity contribution is 5.28. The van der Waals surface area contributed by atoms with Crippen molar-refractivity contribution in [3.8, 4) is 0 Å². The summed E-state index contributed by atoms with van der Waals surface area (Å²) < 4.78 is 0. The molecule has 2 aliphatic carbocycles. The summed E-state index contributed by atoms with van der Waals surface area (Å²) in [6.45, 7) is 0.194. The number of hydrogen-bond donors (Lipinski definition) is 2. The Morgan fingerprint density at radius 3 is 2.26 bits per heavy atom. The first-order chi connectivity index (χ1) is 9.36. The van der Waals surface area contributed by atoms with Crippen LogP contribution in [0.3, 0.4) is 0 Å². The highest BCUT2D eigenvalue weighted by atomic mass is 16.3. The van der Waals surface area contributed by atoms with E-state index in [0.29, 0.717) is 6.04 Å². The van der Waals surface area contributed by atoms with Crippen LogP contribution in [-0.2, 0) is 0 Å². The van der Waals surface area contributed by atoms with Gasteiger partial charge in [-0.3, -0.25) is 0 Å². The van der Waals surface area contributed by atoms with Crippen LogP contribution < -0.4 is 5.32 Å². The molecule has 1 aromatic rings. The summed E-state index contributed by atoms with van der Waals surface area (Å²) in [5, 5.41) is 13.0. The van der Waals surface area contributed by atoms with Crippen LogP contribution in [0.25, 0.3) is 0 Å². The number of aliphatic hydroxyl groups is 1. The van der Waals surface area contributed by atoms with Crippen molar-refractivity contribution in [1.29, 1.82) is 0 Å². The maximum atomic E-state index is 9.51. The van der Waals surface area contributed by atoms with Gasteiger partial charge in [-0.2, -0.15) is 0 Å². The van der Waals surface area contributed by atoms with E-state index in [0.717, 1.165) is 5.92 Å². The SMILES string of the molecule is OCC(NC1CC1)c1ccc(C2CCCCC2)cc1. The maximum absolute atomic E-state index is 9.51. The van der Waals surface area contributed by atoms with Crippen molar-refractivity contribution in [2.45, 2.75) is 62.9 Å². The fraction of sp³-hybridized carbons (Fsp3) is 0.647. The third kappa shape index (κ3) is 3.37. The summed E-state index contributed by atoms with van der Waals surface area (Å²) in [5.74, 6) is 0.770. The Labute approximate surface area is 116 Å². The van der Waals surface area contributed by atoms with Gasteiger partial charge in [0, 0.05) is 6.04 Å². The Kier molecular flexibility index (Phi) is 4.19. The van der Waals surface area contributed by atoms with Crippen LogP contribution in [-0.4, -0.2) is 17.8 Å². The molecule has 19 heavy (non-hydrogen) atoms. The molecule has 0 aliphatic heterocycles. The lowest BCUT2D eigenvalue weighted by atomic mass is 9.84. The Morgan fingerprint density at radius 1 is 1.00 bits per heavy atom. The van der Waals surface area contributed by atoms with E-state index in [1.54, 1.807) is 0 Å². The van der Waals surface area contributed by atoms with Crippen LogP contribution in [0.5, 0.6) is 0 Å². The molecule has 2 nitrogen and oxygen atoms in total. The van der Waals surface area contributed by atoms with Crippen molar-refractivity contribution in [3.05, 3.63) is 35.4 Å². The molecule has 0 bridgehead atoms. The van der Waals surface area contributed by atoms with Crippen LogP contribution >= 0.6 is 0 Å². The van der Waals surface area contributed by atoms with Gasteiger partial charge in [0.25, 0.3) is 0 Å². The highest BCUT2D eigenvalue weighted by Gasteiger charge is 2.25. The molecule has 2 saturated carbocycles. The van der Waals surface area contributed by atoms with Gasteiger partial charge in [0.05, 0.1) is 12.6 Å². The molecule has 1 unspecified atom stereocenters. The minimum Gasteiger partial charge on any atom is -0.394 e. The summed E-state index contributed by atoms with van der Waals surface area (Å²) in [4.78, 5) is 0. The highest BCUT2D eigenvalue weighted by Crippen LogP contribution is 2.33. The van der Waals surface area contributed by atoms with Gasteiger partial charge in [-0.05, 0) is 42.7 Å². The van der Waals surface area contributed by atoms with E-state index in [1.165, 1.54) is 56.1 Å². The monoisotopic (exact) mass is 259 g/mol. The second-order valence-electron chi connectivity index (χ2n) is 6.18. The van der Waals surface area contributed by atoms with E-state index in [2.05, 4.69) is 29.6 Å². The zero-order valence-electron chi connectivity index (χ0n) is 11.6. The van der Waals surface area contributed by atoms with Crippen LogP contribution in [0.1, 0.15) is 68.0 Å². The molecule has 1 atom stereocenters. The zero-order chi connectivity index (χ0) is 13.1. The average Bonchev–Trinajstić information content (AvgIpc) is 3.30. The summed E-state index contributed by atoms with van der Waals surface area (Å²) >= 11 is 0. The molecule has 0 radical (unpaired) electrons. The van der Waals surface area contributed by atoms with Gasteiger partial charge in [0.2, 0.25) is 0 Å². The minimum atomic E-state index is 0.118. The molecule has 3 rings (SSSR count). The largest absolute Gasteiger partial charge is 0.394 e. The molecule has 2 N–H and O–H groups in total. The van der Waals surface area contributed by atoms with E-state index >= 15 is 0 Å². The molecule has 2 heteroatoms. The quantitative estimate of drug-likeness (QED) is 0.848. The topological polar surface area (TPSA) is 32.3 Å². The molecule has 0 amide bonds. The van der Waals surface area contributed by atoms with Crippen molar-refractivity contribution in [2.24, 2.45) is 0 Å². The first-order valence-electron chi connectivity index (χ1n) is 7.83. The third-order valence-electron chi connectivity index (χ3n) is 4.61. The van der Waals surface area contributed by atoms with Crippen molar-refractivity contribution in [1.82, 2.24) is 5.32 Å². The second kappa shape index (κ2) is 6.06. The first-order valence-corrected chi connectivity index (χ1v) is 7.83. The minimum absolute atomic E-state index is 0.118. The van der Waals surface area contributed by atoms with Crippen molar-refractivity contribution in [3.63, 3.8) is 0 Å². The molecule has 0 heterocycles. The number of benzene rings is 1. The molecule has 2 fully saturated rings. The van der Waals surface area contributed by atoms with Gasteiger partial charge in [0.1, 0.15) is 0 Å². The average molecular weight is 259 g/mol. The Hall–Kier alpha value is -0.860. The normalized spacial score (nSPS) is 22.4. The molecular formula is C17H25NO. The molecule has 0 aromatic heterocycles. The Bertz CT molecular complexity index is 390. The van der Waals surface area contributed by atoms with Crippen LogP contribution in [0.2, 0.25) is 0 Å². The van der Waals surface area contributed by atoms with Crippen LogP contribution in [0.4, 0.5) is 0 Å². The number of hydrogen-bond acceptors (Lipinski definition) is 2. The first kappa shape index (κ1) is 13.1. The van der Waals surface area contributed by atoms with Gasteiger partial charge in [-0.15, -0.1) is 0 Å². The number of rotatable bonds is 5. The van der Waals surface area contributed by atoms with E-state index in [1.807, 2.05) is 0 Å². The lowest BCUT2D eigenvalue weighted by Crippen LogP contribution is -2.26. The van der Waals surface area contributed by atoms with Crippen LogP contribution in [0.15, 0.2) is 24.3 Å². The third-order valence-corrected chi connectivity index (χ3v) is 4.61. The maximum Gasteiger partial charge on any atom is 0.0626 e. The molecular weight excluding hydrogens is 234 g/mol. The van der Waals surface area contributed by atoms with E-state index in [4.69, 9.17) is 0 Å². The number of aliphatic hydroxyl groups excluding tert-OH is 1. The van der Waals surface area contributed by atoms with Crippen LogP contribution in [0, 0.1) is 0 Å². The van der Waals surface area contributed by atoms with Crippen molar-refractivity contribution >= 4 is 0 Å². The summed E-state index contributed by atoms with van der Waals surface area (Å²) in [7, 11) is 0. The predicted octanol–water partition coefficient (Wildman–Crippen LogP) is 3.52. The summed E-state index contributed by atoms with van der Waals surface area (Å²) in [6.07, 6.45) is 9.40. The van der Waals surface area contributed by atoms with Gasteiger partial charge < -0.3 is 10.4 Å². The molecule has 0 saturated heterocycles. The van der Waals surface area contributed by atoms with Crippen molar-refractivity contribution < 1.29 is 5.11 Å². The zero-order valence-corrected chi connectivity index (χ0v) is 11.6. The summed E-state index contributed by atoms with van der Waals surface area (Å²) in [6, 6.07) is 9.73. The van der Waals surface area contributed by atoms with E-state index in [-0.39, 0.29) is 12.6 Å². The molecule has 0 spiro atoms. The molecule has 2 aliphatic rings. The van der Waals surface area contributed by atoms with Gasteiger partial charge >= 0.3 is 0 Å². The summed E-state index contributed by atoms with van der Waals surface area (Å²) in [5.41, 5.74) is 2.72. The smallest absolute Gasteiger partial charge is 0.0626 e. The second-order valence-corrected chi connectivity index (χ2v) is 6.18. The molecule has 104 valence electrons. The fourth-order valence-corrected chi connectivity index (χ4v) is 3.23. The number of nitrogens with one attached hydrogen (secondary N) is 1. The molecule has 1 aromatic carbocycles. The van der Waals surface area contributed by atoms with Crippen molar-refractivity contribution in [2.75, 3.05) is 6.61 Å². The van der Waals surface area contributed by atoms with E-state index in [9.17, 15) is 5.11 Å². The lowest BCUT2D eigenvalue weighted by molar-refractivity contribution is 0.243. The lowest BCUT2D eigenvalue weighted by Gasteiger charge is -2.23. The van der Waals surface area contributed by atoms with Gasteiger partial charge in [-0.1, -0.05) is 43.5 Å². The standard InChI is InChI=1S/C17H25NO/c19-12-17(18-16-10-11-16)15-8-6-14(7-9-15)13-4-2-1-3-5-13/h6-9,13,16-19H,1-5,10-12H2. The van der Waals surface area contributed by atoms with Gasteiger partial charge in [0.15, 0.2) is 0 Å². The Balaban J connectivity index is 1.66.